The zero-order valence-electron chi connectivity index (χ0n) is 14.7. The maximum absolute atomic E-state index is 12.5. The number of hydrogen-bond donors (Lipinski definition) is 1. The predicted molar refractivity (Wildman–Crippen MR) is 104 cm³/mol. The largest absolute Gasteiger partial charge is 0.467 e. The zero-order chi connectivity index (χ0) is 19.1. The van der Waals surface area contributed by atoms with E-state index in [1.165, 1.54) is 10.9 Å². The summed E-state index contributed by atoms with van der Waals surface area (Å²) in [5, 5.41) is 3.36. The molecule has 2 aromatic heterocycles. The second-order valence-corrected chi connectivity index (χ2v) is 6.91. The molecule has 0 aliphatic rings. The zero-order valence-corrected chi connectivity index (χ0v) is 16.3. The van der Waals surface area contributed by atoms with Gasteiger partial charge in [-0.3, -0.25) is 14.2 Å². The fourth-order valence-electron chi connectivity index (χ4n) is 2.57. The molecule has 1 aromatic carbocycles. The van der Waals surface area contributed by atoms with Crippen molar-refractivity contribution < 1.29 is 13.9 Å². The van der Waals surface area contributed by atoms with Crippen LogP contribution in [-0.4, -0.2) is 28.6 Å². The standard InChI is InChI=1S/C19H20BrN3O4/c20-14-4-5-17-16(11-14)19(25)23(13-22-17)8-6-18(24)21-7-2-9-26-12-15-3-1-10-27-15/h1,3-5,10-11,13H,2,6-9,12H2,(H,21,24). The molecule has 0 saturated carbocycles. The lowest BCUT2D eigenvalue weighted by Gasteiger charge is -2.08. The molecule has 3 aromatic rings. The summed E-state index contributed by atoms with van der Waals surface area (Å²) in [5.74, 6) is 0.669. The second kappa shape index (κ2) is 9.48. The van der Waals surface area contributed by atoms with Crippen molar-refractivity contribution in [1.82, 2.24) is 14.9 Å². The van der Waals surface area contributed by atoms with Gasteiger partial charge in [0.25, 0.3) is 5.56 Å². The molecule has 0 spiro atoms. The number of rotatable bonds is 9. The Bertz CT molecular complexity index is 953. The first-order valence-electron chi connectivity index (χ1n) is 8.65. The average molecular weight is 434 g/mol. The van der Waals surface area contributed by atoms with Gasteiger partial charge in [0.15, 0.2) is 0 Å². The molecule has 0 aliphatic heterocycles. The van der Waals surface area contributed by atoms with Crippen LogP contribution in [0.2, 0.25) is 0 Å². The van der Waals surface area contributed by atoms with Crippen molar-refractivity contribution in [2.24, 2.45) is 0 Å². The van der Waals surface area contributed by atoms with Crippen LogP contribution in [0, 0.1) is 0 Å². The Labute approximate surface area is 164 Å². The van der Waals surface area contributed by atoms with E-state index in [1.54, 1.807) is 18.4 Å². The van der Waals surface area contributed by atoms with Gasteiger partial charge in [-0.05, 0) is 36.8 Å². The molecule has 0 radical (unpaired) electrons. The van der Waals surface area contributed by atoms with Crippen molar-refractivity contribution in [2.45, 2.75) is 26.0 Å². The number of carbonyl (C=O) groups excluding carboxylic acids is 1. The number of carbonyl (C=O) groups is 1. The van der Waals surface area contributed by atoms with E-state index < -0.39 is 0 Å². The summed E-state index contributed by atoms with van der Waals surface area (Å²) in [5.41, 5.74) is 0.485. The molecule has 27 heavy (non-hydrogen) atoms. The van der Waals surface area contributed by atoms with E-state index in [-0.39, 0.29) is 24.4 Å². The third-order valence-corrected chi connectivity index (χ3v) is 4.47. The fraction of sp³-hybridized carbons (Fsp3) is 0.316. The number of nitrogens with zero attached hydrogens (tertiary/aromatic N) is 2. The Hall–Kier alpha value is -2.45. The molecule has 1 amide bonds. The molecule has 0 fully saturated rings. The minimum absolute atomic E-state index is 0.109. The van der Waals surface area contributed by atoms with Crippen LogP contribution in [0.3, 0.4) is 0 Å². The van der Waals surface area contributed by atoms with Crippen molar-refractivity contribution in [1.29, 1.82) is 0 Å². The maximum atomic E-state index is 12.5. The van der Waals surface area contributed by atoms with Gasteiger partial charge in [-0.15, -0.1) is 0 Å². The third-order valence-electron chi connectivity index (χ3n) is 3.98. The molecule has 2 heterocycles. The summed E-state index contributed by atoms with van der Waals surface area (Å²) >= 11 is 3.36. The highest BCUT2D eigenvalue weighted by Crippen LogP contribution is 2.14. The van der Waals surface area contributed by atoms with E-state index in [9.17, 15) is 9.59 Å². The van der Waals surface area contributed by atoms with Crippen LogP contribution in [0.25, 0.3) is 10.9 Å². The van der Waals surface area contributed by atoms with Gasteiger partial charge in [-0.1, -0.05) is 15.9 Å². The van der Waals surface area contributed by atoms with E-state index in [0.29, 0.717) is 37.1 Å². The number of furan rings is 1. The molecule has 0 aliphatic carbocycles. The van der Waals surface area contributed by atoms with Gasteiger partial charge in [-0.2, -0.15) is 0 Å². The van der Waals surface area contributed by atoms with Gasteiger partial charge in [0.1, 0.15) is 12.4 Å². The minimum Gasteiger partial charge on any atom is -0.467 e. The molecule has 142 valence electrons. The monoisotopic (exact) mass is 433 g/mol. The molecular weight excluding hydrogens is 414 g/mol. The van der Waals surface area contributed by atoms with E-state index in [4.69, 9.17) is 9.15 Å². The summed E-state index contributed by atoms with van der Waals surface area (Å²) in [6, 6.07) is 9.03. The Morgan fingerprint density at radius 3 is 3.04 bits per heavy atom. The number of fused-ring (bicyclic) bond motifs is 1. The predicted octanol–water partition coefficient (Wildman–Crippen LogP) is 2.87. The van der Waals surface area contributed by atoms with Crippen molar-refractivity contribution in [3.63, 3.8) is 0 Å². The molecule has 8 heteroatoms. The number of hydrogen-bond acceptors (Lipinski definition) is 5. The molecule has 3 rings (SSSR count). The summed E-state index contributed by atoms with van der Waals surface area (Å²) in [4.78, 5) is 28.7. The van der Waals surface area contributed by atoms with Crippen molar-refractivity contribution in [2.75, 3.05) is 13.2 Å². The summed E-state index contributed by atoms with van der Waals surface area (Å²) in [6.07, 6.45) is 4.01. The minimum atomic E-state index is -0.152. The number of aryl methyl sites for hydroxylation is 1. The number of benzene rings is 1. The highest BCUT2D eigenvalue weighted by atomic mass is 79.9. The Balaban J connectivity index is 1.39. The smallest absolute Gasteiger partial charge is 0.261 e. The van der Waals surface area contributed by atoms with Crippen LogP contribution in [0.4, 0.5) is 0 Å². The van der Waals surface area contributed by atoms with E-state index in [2.05, 4.69) is 26.2 Å². The first kappa shape index (κ1) is 19.3. The quantitative estimate of drug-likeness (QED) is 0.524. The molecule has 0 saturated heterocycles. The maximum Gasteiger partial charge on any atom is 0.261 e. The summed E-state index contributed by atoms with van der Waals surface area (Å²) in [7, 11) is 0. The number of halogens is 1. The van der Waals surface area contributed by atoms with Crippen LogP contribution in [0.1, 0.15) is 18.6 Å². The lowest BCUT2D eigenvalue weighted by molar-refractivity contribution is -0.121. The number of nitrogens with one attached hydrogen (secondary N) is 1. The van der Waals surface area contributed by atoms with E-state index in [0.717, 1.165) is 10.2 Å². The Morgan fingerprint density at radius 1 is 1.33 bits per heavy atom. The van der Waals surface area contributed by atoms with Crippen LogP contribution in [-0.2, 0) is 22.7 Å². The normalized spacial score (nSPS) is 11.0. The van der Waals surface area contributed by atoms with Crippen LogP contribution in [0.5, 0.6) is 0 Å². The number of ether oxygens (including phenoxy) is 1. The number of amides is 1. The molecule has 0 unspecified atom stereocenters. The van der Waals surface area contributed by atoms with Gasteiger partial charge >= 0.3 is 0 Å². The van der Waals surface area contributed by atoms with Gasteiger partial charge in [0.2, 0.25) is 5.91 Å². The first-order chi connectivity index (χ1) is 13.1. The molecule has 0 atom stereocenters. The lowest BCUT2D eigenvalue weighted by atomic mass is 10.2. The molecule has 1 N–H and O–H groups in total. The average Bonchev–Trinajstić information content (AvgIpc) is 3.18. The first-order valence-corrected chi connectivity index (χ1v) is 9.44. The van der Waals surface area contributed by atoms with Crippen LogP contribution < -0.4 is 10.9 Å². The second-order valence-electron chi connectivity index (χ2n) is 5.99. The SMILES string of the molecule is O=C(CCn1cnc2ccc(Br)cc2c1=O)NCCCOCc1ccco1. The van der Waals surface area contributed by atoms with Crippen LogP contribution >= 0.6 is 15.9 Å². The van der Waals surface area contributed by atoms with Crippen molar-refractivity contribution in [3.05, 3.63) is 63.5 Å². The Kier molecular flexibility index (Phi) is 6.78. The highest BCUT2D eigenvalue weighted by molar-refractivity contribution is 9.10. The van der Waals surface area contributed by atoms with Crippen molar-refractivity contribution in [3.8, 4) is 0 Å². The Morgan fingerprint density at radius 2 is 2.22 bits per heavy atom. The third kappa shape index (κ3) is 5.51. The highest BCUT2D eigenvalue weighted by Gasteiger charge is 2.07. The van der Waals surface area contributed by atoms with Gasteiger partial charge in [-0.25, -0.2) is 4.98 Å². The van der Waals surface area contributed by atoms with Crippen molar-refractivity contribution >= 4 is 32.7 Å². The van der Waals surface area contributed by atoms with Gasteiger partial charge in [0, 0.05) is 30.6 Å². The molecule has 7 nitrogen and oxygen atoms in total. The van der Waals surface area contributed by atoms with E-state index >= 15 is 0 Å². The topological polar surface area (TPSA) is 86.4 Å². The molecular formula is C19H20BrN3O4. The van der Waals surface area contributed by atoms with Gasteiger partial charge in [0.05, 0.1) is 23.5 Å². The molecule has 0 bridgehead atoms. The summed E-state index contributed by atoms with van der Waals surface area (Å²) < 4.78 is 12.9. The van der Waals surface area contributed by atoms with E-state index in [1.807, 2.05) is 18.2 Å². The number of aromatic nitrogens is 2. The van der Waals surface area contributed by atoms with Crippen LogP contribution in [0.15, 0.2) is 56.6 Å². The lowest BCUT2D eigenvalue weighted by Crippen LogP contribution is -2.28. The fourth-order valence-corrected chi connectivity index (χ4v) is 2.93. The van der Waals surface area contributed by atoms with Gasteiger partial charge < -0.3 is 14.5 Å². The summed E-state index contributed by atoms with van der Waals surface area (Å²) in [6.45, 7) is 1.77.